The maximum atomic E-state index is 8.37. The van der Waals surface area contributed by atoms with E-state index in [1.54, 1.807) is 11.3 Å². The minimum absolute atomic E-state index is 1.09. The highest BCUT2D eigenvalue weighted by Gasteiger charge is 1.98. The van der Waals surface area contributed by atoms with Crippen LogP contribution in [0.1, 0.15) is 6.92 Å². The van der Waals surface area contributed by atoms with Crippen LogP contribution in [0.25, 0.3) is 0 Å². The molecule has 58 valence electrons. The van der Waals surface area contributed by atoms with E-state index >= 15 is 0 Å². The van der Waals surface area contributed by atoms with Crippen LogP contribution in [0.15, 0.2) is 20.6 Å². The Hall–Kier alpha value is -0.110. The van der Waals surface area contributed by atoms with Crippen molar-refractivity contribution in [3.63, 3.8) is 0 Å². The van der Waals surface area contributed by atoms with Crippen molar-refractivity contribution >= 4 is 34.9 Å². The SMILES string of the molecule is CCSc1ccc(SC#N)s1. The molecule has 4 heteroatoms. The van der Waals surface area contributed by atoms with Gasteiger partial charge in [0.1, 0.15) is 5.40 Å². The molecule has 0 unspecified atom stereocenters. The van der Waals surface area contributed by atoms with Gasteiger partial charge in [0, 0.05) is 11.8 Å². The van der Waals surface area contributed by atoms with E-state index in [1.165, 1.54) is 16.0 Å². The Morgan fingerprint density at radius 1 is 1.55 bits per heavy atom. The van der Waals surface area contributed by atoms with Crippen LogP contribution in [0.2, 0.25) is 0 Å². The summed E-state index contributed by atoms with van der Waals surface area (Å²) >= 11 is 4.74. The quantitative estimate of drug-likeness (QED) is 0.553. The zero-order chi connectivity index (χ0) is 8.10. The molecule has 1 rings (SSSR count). The summed E-state index contributed by atoms with van der Waals surface area (Å²) in [4.78, 5) is 0. The first kappa shape index (κ1) is 8.98. The van der Waals surface area contributed by atoms with Gasteiger partial charge in [-0.3, -0.25) is 0 Å². The molecule has 0 aliphatic rings. The molecule has 0 spiro atoms. The number of hydrogen-bond acceptors (Lipinski definition) is 4. The van der Waals surface area contributed by atoms with Gasteiger partial charge in [0.05, 0.1) is 8.42 Å². The lowest BCUT2D eigenvalue weighted by Crippen LogP contribution is -1.59. The molecule has 0 bridgehead atoms. The lowest BCUT2D eigenvalue weighted by molar-refractivity contribution is 1.51. The summed E-state index contributed by atoms with van der Waals surface area (Å²) in [6.07, 6.45) is 0. The number of thioether (sulfide) groups is 2. The van der Waals surface area contributed by atoms with Gasteiger partial charge < -0.3 is 0 Å². The second-order valence-corrected chi connectivity index (χ2v) is 5.43. The number of nitriles is 1. The van der Waals surface area contributed by atoms with Crippen molar-refractivity contribution < 1.29 is 0 Å². The Morgan fingerprint density at radius 3 is 2.91 bits per heavy atom. The Morgan fingerprint density at radius 2 is 2.27 bits per heavy atom. The maximum Gasteiger partial charge on any atom is 0.139 e. The van der Waals surface area contributed by atoms with Crippen LogP contribution in [0.4, 0.5) is 0 Å². The van der Waals surface area contributed by atoms with Crippen LogP contribution >= 0.6 is 34.9 Å². The molecule has 11 heavy (non-hydrogen) atoms. The van der Waals surface area contributed by atoms with Gasteiger partial charge in [-0.1, -0.05) is 6.92 Å². The molecule has 0 atom stereocenters. The van der Waals surface area contributed by atoms with Crippen LogP contribution in [0, 0.1) is 10.7 Å². The summed E-state index contributed by atoms with van der Waals surface area (Å²) in [6, 6.07) is 4.06. The predicted octanol–water partition coefficient (Wildman–Crippen LogP) is 3.43. The minimum atomic E-state index is 1.09. The van der Waals surface area contributed by atoms with Crippen molar-refractivity contribution in [1.29, 1.82) is 5.26 Å². The van der Waals surface area contributed by atoms with Gasteiger partial charge in [-0.25, -0.2) is 0 Å². The summed E-state index contributed by atoms with van der Waals surface area (Å²) in [6.45, 7) is 2.13. The van der Waals surface area contributed by atoms with E-state index < -0.39 is 0 Å². The fourth-order valence-electron chi connectivity index (χ4n) is 0.623. The topological polar surface area (TPSA) is 23.8 Å². The third-order valence-corrected chi connectivity index (χ3v) is 3.91. The standard InChI is InChI=1S/C7H7NS3/c1-2-9-6-3-4-7(11-6)10-5-8/h3-4H,2H2,1H3. The number of hydrogen-bond donors (Lipinski definition) is 0. The van der Waals surface area contributed by atoms with Crippen LogP contribution in [0.5, 0.6) is 0 Å². The van der Waals surface area contributed by atoms with Gasteiger partial charge in [0.25, 0.3) is 0 Å². The number of nitrogens with zero attached hydrogens (tertiary/aromatic N) is 1. The van der Waals surface area contributed by atoms with Gasteiger partial charge in [-0.15, -0.1) is 23.1 Å². The van der Waals surface area contributed by atoms with E-state index in [0.717, 1.165) is 9.96 Å². The second-order valence-electron chi connectivity index (χ2n) is 1.70. The van der Waals surface area contributed by atoms with E-state index in [1.807, 2.05) is 17.8 Å². The normalized spacial score (nSPS) is 9.45. The Labute approximate surface area is 78.8 Å². The summed E-state index contributed by atoms with van der Waals surface area (Å²) in [5, 5.41) is 10.4. The summed E-state index contributed by atoms with van der Waals surface area (Å²) in [5.41, 5.74) is 0. The maximum absolute atomic E-state index is 8.37. The van der Waals surface area contributed by atoms with Gasteiger partial charge in [0.2, 0.25) is 0 Å². The first-order chi connectivity index (χ1) is 5.36. The molecule has 0 fully saturated rings. The minimum Gasteiger partial charge on any atom is -0.185 e. The lowest BCUT2D eigenvalue weighted by Gasteiger charge is -1.87. The van der Waals surface area contributed by atoms with E-state index in [4.69, 9.17) is 5.26 Å². The molecule has 0 aliphatic heterocycles. The molecular formula is C7H7NS3. The van der Waals surface area contributed by atoms with Crippen LogP contribution in [-0.4, -0.2) is 5.75 Å². The van der Waals surface area contributed by atoms with Crippen molar-refractivity contribution in [3.8, 4) is 5.40 Å². The fraction of sp³-hybridized carbons (Fsp3) is 0.286. The molecule has 1 aromatic heterocycles. The first-order valence-corrected chi connectivity index (χ1v) is 5.77. The van der Waals surface area contributed by atoms with Crippen molar-refractivity contribution in [2.24, 2.45) is 0 Å². The van der Waals surface area contributed by atoms with E-state index in [9.17, 15) is 0 Å². The highest BCUT2D eigenvalue weighted by atomic mass is 32.2. The van der Waals surface area contributed by atoms with E-state index in [-0.39, 0.29) is 0 Å². The van der Waals surface area contributed by atoms with Gasteiger partial charge in [-0.2, -0.15) is 5.26 Å². The van der Waals surface area contributed by atoms with Crippen molar-refractivity contribution in [3.05, 3.63) is 12.1 Å². The molecule has 0 aromatic carbocycles. The third-order valence-electron chi connectivity index (χ3n) is 0.990. The molecule has 0 radical (unpaired) electrons. The summed E-state index contributed by atoms with van der Waals surface area (Å²) in [7, 11) is 0. The molecule has 0 saturated carbocycles. The molecule has 0 saturated heterocycles. The van der Waals surface area contributed by atoms with Gasteiger partial charge in [0.15, 0.2) is 0 Å². The summed E-state index contributed by atoms with van der Waals surface area (Å²) in [5.74, 6) is 1.09. The van der Waals surface area contributed by atoms with Crippen molar-refractivity contribution in [2.75, 3.05) is 5.75 Å². The average molecular weight is 201 g/mol. The smallest absolute Gasteiger partial charge is 0.139 e. The van der Waals surface area contributed by atoms with Gasteiger partial charge >= 0.3 is 0 Å². The third kappa shape index (κ3) is 2.78. The molecule has 1 nitrogen and oxygen atoms in total. The molecule has 0 amide bonds. The van der Waals surface area contributed by atoms with Gasteiger partial charge in [-0.05, 0) is 17.9 Å². The van der Waals surface area contributed by atoms with Crippen LogP contribution in [-0.2, 0) is 0 Å². The Bertz CT molecular complexity index is 261. The van der Waals surface area contributed by atoms with Crippen molar-refractivity contribution in [1.82, 2.24) is 0 Å². The monoisotopic (exact) mass is 201 g/mol. The molecule has 1 heterocycles. The first-order valence-electron chi connectivity index (χ1n) is 3.15. The molecular weight excluding hydrogens is 194 g/mol. The molecule has 0 N–H and O–H groups in total. The zero-order valence-corrected chi connectivity index (χ0v) is 8.48. The number of thiophene rings is 1. The largest absolute Gasteiger partial charge is 0.185 e. The van der Waals surface area contributed by atoms with Crippen LogP contribution < -0.4 is 0 Å². The Kier molecular flexibility index (Phi) is 3.84. The van der Waals surface area contributed by atoms with Crippen LogP contribution in [0.3, 0.4) is 0 Å². The second kappa shape index (κ2) is 4.70. The highest BCUT2D eigenvalue weighted by molar-refractivity contribution is 8.06. The highest BCUT2D eigenvalue weighted by Crippen LogP contribution is 2.32. The Balaban J connectivity index is 2.60. The lowest BCUT2D eigenvalue weighted by atomic mass is 10.7. The number of thiocyanates is 1. The van der Waals surface area contributed by atoms with E-state index in [0.29, 0.717) is 0 Å². The van der Waals surface area contributed by atoms with E-state index in [2.05, 4.69) is 18.4 Å². The molecule has 1 aromatic rings. The predicted molar refractivity (Wildman–Crippen MR) is 52.2 cm³/mol. The summed E-state index contributed by atoms with van der Waals surface area (Å²) < 4.78 is 2.38. The number of rotatable bonds is 3. The van der Waals surface area contributed by atoms with Crippen molar-refractivity contribution in [2.45, 2.75) is 15.3 Å². The zero-order valence-electron chi connectivity index (χ0n) is 6.03. The average Bonchev–Trinajstić information content (AvgIpc) is 2.38. The fourth-order valence-corrected chi connectivity index (χ4v) is 3.33. The molecule has 0 aliphatic carbocycles.